The molecule has 3 N–H and O–H groups in total. The molecule has 2 atom stereocenters. The topological polar surface area (TPSA) is 72.4 Å². The highest BCUT2D eigenvalue weighted by Crippen LogP contribution is 2.25. The van der Waals surface area contributed by atoms with Gasteiger partial charge in [-0.1, -0.05) is 29.8 Å². The molecule has 0 saturated carbocycles. The van der Waals surface area contributed by atoms with E-state index in [-0.39, 0.29) is 0 Å². The van der Waals surface area contributed by atoms with Gasteiger partial charge >= 0.3 is 0 Å². The normalized spacial score (nSPS) is 21.6. The van der Waals surface area contributed by atoms with Crippen molar-refractivity contribution in [3.8, 4) is 0 Å². The van der Waals surface area contributed by atoms with Crippen LogP contribution in [0, 0.1) is 6.92 Å². The van der Waals surface area contributed by atoms with Gasteiger partial charge in [0.2, 0.25) is 0 Å². The molecule has 1 aromatic carbocycles. The minimum Gasteiger partial charge on any atom is -0.387 e. The van der Waals surface area contributed by atoms with Gasteiger partial charge in [-0.15, -0.1) is 0 Å². The van der Waals surface area contributed by atoms with Gasteiger partial charge in [0.1, 0.15) is 0 Å². The van der Waals surface area contributed by atoms with Crippen molar-refractivity contribution < 1.29 is 9.84 Å². The zero-order valence-corrected chi connectivity index (χ0v) is 19.6. The highest BCUT2D eigenvalue weighted by atomic mass is 16.5. The predicted octanol–water partition coefficient (Wildman–Crippen LogP) is 1.77. The first-order chi connectivity index (χ1) is 15.0. The zero-order chi connectivity index (χ0) is 22.1. The van der Waals surface area contributed by atoms with E-state index in [0.717, 1.165) is 58.4 Å². The van der Waals surface area contributed by atoms with Crippen molar-refractivity contribution >= 4 is 5.96 Å². The van der Waals surface area contributed by atoms with E-state index in [1.165, 1.54) is 24.0 Å². The second kappa shape index (κ2) is 11.8. The number of morpholine rings is 1. The molecule has 0 bridgehead atoms. The minimum atomic E-state index is -0.870. The Balaban J connectivity index is 1.61. The molecule has 31 heavy (non-hydrogen) atoms. The lowest BCUT2D eigenvalue weighted by molar-refractivity contribution is -0.0180. The Bertz CT molecular complexity index is 680. The van der Waals surface area contributed by atoms with Crippen LogP contribution in [-0.2, 0) is 4.74 Å². The molecule has 0 spiro atoms. The van der Waals surface area contributed by atoms with Crippen LogP contribution in [0.3, 0.4) is 0 Å². The summed E-state index contributed by atoms with van der Waals surface area (Å²) in [6.45, 7) is 14.1. The van der Waals surface area contributed by atoms with Gasteiger partial charge in [0.15, 0.2) is 5.96 Å². The molecule has 2 heterocycles. The third-order valence-electron chi connectivity index (χ3n) is 6.10. The van der Waals surface area contributed by atoms with Crippen molar-refractivity contribution in [3.05, 3.63) is 35.4 Å². The number of benzene rings is 1. The highest BCUT2D eigenvalue weighted by Gasteiger charge is 2.26. The molecule has 2 saturated heterocycles. The van der Waals surface area contributed by atoms with Crippen LogP contribution in [0.25, 0.3) is 0 Å². The quantitative estimate of drug-likeness (QED) is 0.409. The number of likely N-dealkylation sites (tertiary alicyclic amines) is 1. The van der Waals surface area contributed by atoms with Crippen molar-refractivity contribution in [3.63, 3.8) is 0 Å². The maximum Gasteiger partial charge on any atom is 0.191 e. The lowest BCUT2D eigenvalue weighted by Gasteiger charge is -2.33. The zero-order valence-electron chi connectivity index (χ0n) is 19.6. The van der Waals surface area contributed by atoms with Crippen LogP contribution in [0.2, 0.25) is 0 Å². The molecule has 0 amide bonds. The Kier molecular flexibility index (Phi) is 9.14. The predicted molar refractivity (Wildman–Crippen MR) is 127 cm³/mol. The summed E-state index contributed by atoms with van der Waals surface area (Å²) in [5, 5.41) is 17.8. The van der Waals surface area contributed by atoms with Crippen LogP contribution in [0.15, 0.2) is 29.3 Å². The average molecular weight is 432 g/mol. The van der Waals surface area contributed by atoms with Gasteiger partial charge in [-0.3, -0.25) is 14.8 Å². The van der Waals surface area contributed by atoms with Gasteiger partial charge in [-0.05, 0) is 52.3 Å². The molecular weight excluding hydrogens is 390 g/mol. The van der Waals surface area contributed by atoms with Gasteiger partial charge in [0.05, 0.1) is 31.4 Å². The first-order valence-corrected chi connectivity index (χ1v) is 11.8. The first-order valence-electron chi connectivity index (χ1n) is 11.8. The minimum absolute atomic E-state index is 0.320. The van der Waals surface area contributed by atoms with E-state index in [1.54, 1.807) is 0 Å². The van der Waals surface area contributed by atoms with Crippen LogP contribution in [0.4, 0.5) is 0 Å². The maximum atomic E-state index is 10.9. The fraction of sp³-hybridized carbons (Fsp3) is 0.708. The number of nitrogens with zero attached hydrogens (tertiary/aromatic N) is 3. The summed E-state index contributed by atoms with van der Waals surface area (Å²) in [5.41, 5.74) is 1.76. The summed E-state index contributed by atoms with van der Waals surface area (Å²) < 4.78 is 5.41. The maximum absolute atomic E-state index is 10.9. The third kappa shape index (κ3) is 7.75. The highest BCUT2D eigenvalue weighted by molar-refractivity contribution is 5.79. The number of rotatable bonds is 9. The number of nitrogens with one attached hydrogen (secondary N) is 2. The summed E-state index contributed by atoms with van der Waals surface area (Å²) in [6.07, 6.45) is 2.53. The van der Waals surface area contributed by atoms with E-state index < -0.39 is 5.60 Å². The standard InChI is InChI=1S/C24H41N5O2/c1-4-25-23(27-18-24(3,30)19-28-13-15-31-16-14-28)26-17-22(29-11-5-6-12-29)21-9-7-20(2)8-10-21/h7-10,22,30H,4-6,11-19H2,1-3H3,(H2,25,26,27). The van der Waals surface area contributed by atoms with E-state index in [0.29, 0.717) is 19.1 Å². The van der Waals surface area contributed by atoms with Gasteiger partial charge in [0.25, 0.3) is 0 Å². The molecule has 0 radical (unpaired) electrons. The lowest BCUT2D eigenvalue weighted by Crippen LogP contribution is -2.48. The Morgan fingerprint density at radius 3 is 2.45 bits per heavy atom. The van der Waals surface area contributed by atoms with Crippen molar-refractivity contribution in [2.75, 3.05) is 65.6 Å². The molecule has 2 aliphatic rings. The van der Waals surface area contributed by atoms with E-state index >= 15 is 0 Å². The number of hydrogen-bond donors (Lipinski definition) is 3. The van der Waals surface area contributed by atoms with Crippen molar-refractivity contribution in [1.29, 1.82) is 0 Å². The largest absolute Gasteiger partial charge is 0.387 e. The summed E-state index contributed by atoms with van der Waals surface area (Å²) in [7, 11) is 0. The Labute approximate surface area is 187 Å². The van der Waals surface area contributed by atoms with Gasteiger partial charge < -0.3 is 20.5 Å². The second-order valence-corrected chi connectivity index (χ2v) is 9.13. The number of aryl methyl sites for hydroxylation is 1. The summed E-state index contributed by atoms with van der Waals surface area (Å²) in [6, 6.07) is 9.20. The van der Waals surface area contributed by atoms with Crippen LogP contribution in [0.5, 0.6) is 0 Å². The lowest BCUT2D eigenvalue weighted by atomic mass is 10.0. The molecule has 0 aliphatic carbocycles. The third-order valence-corrected chi connectivity index (χ3v) is 6.10. The molecule has 2 unspecified atom stereocenters. The number of aliphatic imine (C=N–C) groups is 1. The van der Waals surface area contributed by atoms with E-state index in [9.17, 15) is 5.11 Å². The summed E-state index contributed by atoms with van der Waals surface area (Å²) in [5.74, 6) is 0.765. The van der Waals surface area contributed by atoms with Crippen LogP contribution >= 0.6 is 0 Å². The van der Waals surface area contributed by atoms with Crippen molar-refractivity contribution in [2.45, 2.75) is 45.3 Å². The fourth-order valence-electron chi connectivity index (χ4n) is 4.38. The SMILES string of the molecule is CCNC(=NCC(C)(O)CN1CCOCC1)NCC(c1ccc(C)cc1)N1CCCC1. The second-order valence-electron chi connectivity index (χ2n) is 9.13. The Morgan fingerprint density at radius 2 is 1.81 bits per heavy atom. The molecule has 0 aromatic heterocycles. The number of ether oxygens (including phenoxy) is 1. The number of guanidine groups is 1. The smallest absolute Gasteiger partial charge is 0.191 e. The van der Waals surface area contributed by atoms with Crippen LogP contribution < -0.4 is 10.6 Å². The van der Waals surface area contributed by atoms with Crippen LogP contribution in [-0.4, -0.2) is 92.0 Å². The van der Waals surface area contributed by atoms with Crippen molar-refractivity contribution in [1.82, 2.24) is 20.4 Å². The van der Waals surface area contributed by atoms with Gasteiger partial charge in [-0.25, -0.2) is 0 Å². The van der Waals surface area contributed by atoms with Crippen LogP contribution in [0.1, 0.15) is 43.9 Å². The molecule has 7 heteroatoms. The molecule has 7 nitrogen and oxygen atoms in total. The number of β-amino-alcohol motifs (C(OH)–C–C–N with tert-alkyl or cyclic N) is 1. The van der Waals surface area contributed by atoms with Gasteiger partial charge in [-0.2, -0.15) is 0 Å². The summed E-state index contributed by atoms with van der Waals surface area (Å²) in [4.78, 5) is 9.54. The summed E-state index contributed by atoms with van der Waals surface area (Å²) >= 11 is 0. The Hall–Kier alpha value is -1.67. The first kappa shape index (κ1) is 24.0. The molecule has 2 fully saturated rings. The molecule has 174 valence electrons. The van der Waals surface area contributed by atoms with Gasteiger partial charge in [0, 0.05) is 32.7 Å². The molecular formula is C24H41N5O2. The Morgan fingerprint density at radius 1 is 1.13 bits per heavy atom. The fourth-order valence-corrected chi connectivity index (χ4v) is 4.38. The number of aliphatic hydroxyl groups is 1. The number of hydrogen-bond acceptors (Lipinski definition) is 5. The van der Waals surface area contributed by atoms with E-state index in [1.807, 2.05) is 6.92 Å². The average Bonchev–Trinajstić information content (AvgIpc) is 3.28. The van der Waals surface area contributed by atoms with Crippen molar-refractivity contribution in [2.24, 2.45) is 4.99 Å². The monoisotopic (exact) mass is 431 g/mol. The van der Waals surface area contributed by atoms with E-state index in [2.05, 4.69) is 58.5 Å². The molecule has 2 aliphatic heterocycles. The molecule has 1 aromatic rings. The van der Waals surface area contributed by atoms with E-state index in [4.69, 9.17) is 9.73 Å². The molecule has 3 rings (SSSR count).